The van der Waals surface area contributed by atoms with Gasteiger partial charge in [-0.2, -0.15) is 17.7 Å². The number of hydrogen-bond acceptors (Lipinski definition) is 0. The van der Waals surface area contributed by atoms with Gasteiger partial charge in [-0.3, -0.25) is 12.2 Å². The molecule has 0 aromatic carbocycles. The van der Waals surface area contributed by atoms with Crippen LogP contribution in [-0.4, -0.2) is 6.88 Å². The number of halogens is 2. The Bertz CT molecular complexity index is 398. The van der Waals surface area contributed by atoms with Crippen LogP contribution in [0, 0.1) is 38.3 Å². The fourth-order valence-electron chi connectivity index (χ4n) is 1.92. The van der Waals surface area contributed by atoms with Gasteiger partial charge < -0.3 is 14.9 Å². The van der Waals surface area contributed by atoms with Gasteiger partial charge in [-0.15, -0.1) is 38.2 Å². The number of rotatable bonds is 0. The molecule has 0 aliphatic heterocycles. The van der Waals surface area contributed by atoms with Crippen molar-refractivity contribution >= 4 is 31.7 Å². The van der Waals surface area contributed by atoms with E-state index >= 15 is 0 Å². The second-order valence-corrected chi connectivity index (χ2v) is 5.87. The predicted molar refractivity (Wildman–Crippen MR) is 111 cm³/mol. The Labute approximate surface area is 175 Å². The fraction of sp³-hybridized carbons (Fsp3) is 0.474. The molecule has 0 aromatic heterocycles. The van der Waals surface area contributed by atoms with Gasteiger partial charge in [0.15, 0.2) is 0 Å². The topological polar surface area (TPSA) is 0 Å². The summed E-state index contributed by atoms with van der Waals surface area (Å²) in [7, 11) is 0. The van der Waals surface area contributed by atoms with Gasteiger partial charge >= 0.3 is 30.2 Å². The molecule has 2 rings (SSSR count). The van der Waals surface area contributed by atoms with Gasteiger partial charge in [-0.25, -0.2) is 17.2 Å². The summed E-state index contributed by atoms with van der Waals surface area (Å²) in [5.41, 5.74) is 4.45. The summed E-state index contributed by atoms with van der Waals surface area (Å²) in [4.78, 5) is 0. The monoisotopic (exact) mass is 450 g/mol. The maximum atomic E-state index is 3.29. The van der Waals surface area contributed by atoms with Gasteiger partial charge in [0.05, 0.1) is 0 Å². The van der Waals surface area contributed by atoms with Crippen LogP contribution in [-0.2, 0) is 23.3 Å². The van der Waals surface area contributed by atoms with Crippen molar-refractivity contribution in [3.63, 3.8) is 0 Å². The van der Waals surface area contributed by atoms with Crippen molar-refractivity contribution in [3.8, 4) is 0 Å². The van der Waals surface area contributed by atoms with Crippen LogP contribution >= 0.6 is 24.8 Å². The average molecular weight is 453 g/mol. The van der Waals surface area contributed by atoms with Gasteiger partial charge in [-0.05, 0) is 0 Å². The minimum atomic E-state index is 0. The Morgan fingerprint density at radius 2 is 1.61 bits per heavy atom. The van der Waals surface area contributed by atoms with Gasteiger partial charge in [0.2, 0.25) is 0 Å². The first-order valence-electron chi connectivity index (χ1n) is 6.72. The molecule has 23 heavy (non-hydrogen) atoms. The summed E-state index contributed by atoms with van der Waals surface area (Å²) in [5, 5.41) is 0. The second-order valence-electron chi connectivity index (χ2n) is 5.87. The summed E-state index contributed by atoms with van der Waals surface area (Å²) in [6.07, 6.45) is 14.0. The van der Waals surface area contributed by atoms with Crippen molar-refractivity contribution in [2.75, 3.05) is 0 Å². The minimum absolute atomic E-state index is 0. The van der Waals surface area contributed by atoms with E-state index in [1.54, 1.807) is 23.3 Å². The molecule has 0 N–H and O–H groups in total. The zero-order valence-corrected chi connectivity index (χ0v) is 21.5. The molecule has 2 aliphatic rings. The van der Waals surface area contributed by atoms with E-state index in [1.807, 2.05) is 6.88 Å². The Morgan fingerprint density at radius 3 is 1.74 bits per heavy atom. The van der Waals surface area contributed by atoms with Crippen molar-refractivity contribution in [3.05, 3.63) is 62.0 Å². The van der Waals surface area contributed by atoms with Gasteiger partial charge in [0.1, 0.15) is 0 Å². The van der Waals surface area contributed by atoms with Crippen LogP contribution in [0.1, 0.15) is 48.0 Å². The van der Waals surface area contributed by atoms with Crippen LogP contribution in [0.3, 0.4) is 0 Å². The van der Waals surface area contributed by atoms with Crippen molar-refractivity contribution in [1.29, 1.82) is 0 Å². The molecule has 0 spiro atoms. The molecule has 0 bridgehead atoms. The van der Waals surface area contributed by atoms with Crippen LogP contribution in [0.5, 0.6) is 0 Å². The molecule has 136 valence electrons. The van der Waals surface area contributed by atoms with Crippen molar-refractivity contribution in [2.45, 2.75) is 48.0 Å². The molecule has 0 amide bonds. The Balaban J connectivity index is -0.0000000734. The second kappa shape index (κ2) is 17.5. The van der Waals surface area contributed by atoms with Crippen molar-refractivity contribution in [2.24, 2.45) is 11.3 Å². The van der Waals surface area contributed by atoms with Crippen LogP contribution in [0.25, 0.3) is 0 Å². The van der Waals surface area contributed by atoms with Crippen molar-refractivity contribution < 1.29 is 23.3 Å². The SMILES string of the molecule is CC(C)(C)C1=CC[C-]=C1.CC1=[C-]C(C)C=C1C.Cl.Cl.[CH3-].[CH3-].[SiH2]=[Zr]. The van der Waals surface area contributed by atoms with E-state index in [0.717, 1.165) is 6.42 Å². The molecule has 1 atom stereocenters. The number of hydrogen-bond donors (Lipinski definition) is 0. The molecule has 0 nitrogen and oxygen atoms in total. The van der Waals surface area contributed by atoms with Gasteiger partial charge in [-0.1, -0.05) is 46.0 Å². The standard InChI is InChI=1S/C9H13.C8H11.2CH3.2ClH.H2Si.Zr/c1-9(2,3)8-6-4-5-7-8;1-6-4-7(2)8(3)5-6;;;;;;/h6-7H,4H2,1-3H3;4,6H,1-3H3;2*1H3;2*1H;1H2;/q4*-1;;;;. The average Bonchev–Trinajstić information content (AvgIpc) is 2.93. The fourth-order valence-corrected chi connectivity index (χ4v) is 1.92. The van der Waals surface area contributed by atoms with E-state index in [1.165, 1.54) is 16.7 Å². The Kier molecular flexibility index (Phi) is 26.5. The predicted octanol–water partition coefficient (Wildman–Crippen LogP) is 5.88. The summed E-state index contributed by atoms with van der Waals surface area (Å²) in [6.45, 7) is 15.0. The first kappa shape index (κ1) is 34.9. The molecule has 0 aromatic rings. The van der Waals surface area contributed by atoms with Crippen LogP contribution < -0.4 is 0 Å². The first-order chi connectivity index (χ1) is 8.80. The molecule has 0 saturated carbocycles. The van der Waals surface area contributed by atoms with Crippen LogP contribution in [0.15, 0.2) is 34.9 Å². The first-order valence-corrected chi connectivity index (χ1v) is 12.6. The third-order valence-electron chi connectivity index (χ3n) is 3.10. The van der Waals surface area contributed by atoms with E-state index in [4.69, 9.17) is 0 Å². The maximum absolute atomic E-state index is 3.29. The third kappa shape index (κ3) is 14.7. The molecule has 0 radical (unpaired) electrons. The Hall–Kier alpha value is 0.640. The Morgan fingerprint density at radius 1 is 1.13 bits per heavy atom. The zero-order chi connectivity index (χ0) is 15.1. The summed E-state index contributed by atoms with van der Waals surface area (Å²) < 4.78 is 0. The molecule has 0 saturated heterocycles. The van der Waals surface area contributed by atoms with Crippen LogP contribution in [0.4, 0.5) is 0 Å². The van der Waals surface area contributed by atoms with E-state index in [-0.39, 0.29) is 39.7 Å². The molecular formula is C19H34Cl2SiZr-4. The molecular weight excluding hydrogens is 418 g/mol. The zero-order valence-electron chi connectivity index (χ0n) is 16.0. The van der Waals surface area contributed by atoms with E-state index < -0.39 is 0 Å². The molecule has 0 heterocycles. The van der Waals surface area contributed by atoms with Crippen molar-refractivity contribution in [1.82, 2.24) is 0 Å². The third-order valence-corrected chi connectivity index (χ3v) is 3.10. The van der Waals surface area contributed by atoms with E-state index in [0.29, 0.717) is 11.3 Å². The molecule has 2 aliphatic carbocycles. The molecule has 1 unspecified atom stereocenters. The van der Waals surface area contributed by atoms with E-state index in [2.05, 4.69) is 71.9 Å². The summed E-state index contributed by atoms with van der Waals surface area (Å²) in [5.74, 6) is 0.551. The normalized spacial score (nSPS) is 16.9. The summed E-state index contributed by atoms with van der Waals surface area (Å²) in [6, 6.07) is 0. The number of allylic oxidation sites excluding steroid dienone is 8. The van der Waals surface area contributed by atoms with Gasteiger partial charge in [0, 0.05) is 0 Å². The quantitative estimate of drug-likeness (QED) is 0.318. The molecule has 4 heteroatoms. The van der Waals surface area contributed by atoms with Crippen LogP contribution in [0.2, 0.25) is 0 Å². The van der Waals surface area contributed by atoms with Gasteiger partial charge in [0.25, 0.3) is 0 Å². The summed E-state index contributed by atoms with van der Waals surface area (Å²) >= 11 is 1.58. The van der Waals surface area contributed by atoms with E-state index in [9.17, 15) is 0 Å². The molecule has 0 fully saturated rings.